The van der Waals surface area contributed by atoms with Gasteiger partial charge in [0.2, 0.25) is 0 Å². The third kappa shape index (κ3) is 4.74. The molecular weight excluding hydrogens is 488 g/mol. The van der Waals surface area contributed by atoms with Gasteiger partial charge in [0, 0.05) is 45.2 Å². The molecule has 0 aliphatic heterocycles. The Hall–Kier alpha value is -5.48. The zero-order valence-electron chi connectivity index (χ0n) is 21.9. The monoisotopic (exact) mass is 516 g/mol. The molecule has 0 saturated carbocycles. The standard InChI is InChI=1S/C36H28N4/c37-28-20-32(39-31-14-7-13-30(22-31)38-29-11-2-1-3-12-29)23-33(21-28)40-35-15-6-10-24-16-17-27-18-25-8-4-5-9-26(25)19-34(27)36(24)35/h1-23,38-40H,37H2. The number of nitrogen functional groups attached to an aromatic ring is 1. The van der Waals surface area contributed by atoms with Crippen molar-refractivity contribution in [3.05, 3.63) is 140 Å². The molecule has 0 aliphatic rings. The lowest BCUT2D eigenvalue weighted by Gasteiger charge is -2.15. The minimum atomic E-state index is 0.683. The van der Waals surface area contributed by atoms with Gasteiger partial charge in [-0.3, -0.25) is 0 Å². The summed E-state index contributed by atoms with van der Waals surface area (Å²) in [4.78, 5) is 0. The number of para-hydroxylation sites is 1. The Bertz CT molecular complexity index is 2000. The van der Waals surface area contributed by atoms with Crippen LogP contribution in [0.1, 0.15) is 0 Å². The number of fused-ring (bicyclic) bond motifs is 4. The van der Waals surface area contributed by atoms with E-state index in [0.29, 0.717) is 5.69 Å². The number of benzene rings is 7. The maximum absolute atomic E-state index is 6.37. The van der Waals surface area contributed by atoms with Crippen LogP contribution >= 0.6 is 0 Å². The van der Waals surface area contributed by atoms with E-state index in [2.05, 4.69) is 113 Å². The third-order valence-electron chi connectivity index (χ3n) is 7.17. The molecule has 0 radical (unpaired) electrons. The smallest absolute Gasteiger partial charge is 0.0470 e. The van der Waals surface area contributed by atoms with Crippen molar-refractivity contribution < 1.29 is 0 Å². The Kier molecular flexibility index (Phi) is 5.91. The molecule has 0 aromatic heterocycles. The van der Waals surface area contributed by atoms with Crippen LogP contribution in [0.2, 0.25) is 0 Å². The summed E-state index contributed by atoms with van der Waals surface area (Å²) in [6.07, 6.45) is 0. The normalized spacial score (nSPS) is 11.1. The molecular formula is C36H28N4. The fourth-order valence-corrected chi connectivity index (χ4v) is 5.39. The lowest BCUT2D eigenvalue weighted by atomic mass is 9.97. The molecule has 0 bridgehead atoms. The first-order chi connectivity index (χ1) is 19.7. The molecule has 0 unspecified atom stereocenters. The number of anilines is 7. The molecule has 4 nitrogen and oxygen atoms in total. The van der Waals surface area contributed by atoms with Crippen molar-refractivity contribution in [2.45, 2.75) is 0 Å². The van der Waals surface area contributed by atoms with Crippen molar-refractivity contribution in [2.75, 3.05) is 21.7 Å². The van der Waals surface area contributed by atoms with Gasteiger partial charge in [0.15, 0.2) is 0 Å². The highest BCUT2D eigenvalue weighted by molar-refractivity contribution is 6.17. The average Bonchev–Trinajstić information content (AvgIpc) is 2.96. The first-order valence-electron chi connectivity index (χ1n) is 13.4. The molecule has 0 saturated heterocycles. The first-order valence-corrected chi connectivity index (χ1v) is 13.4. The molecule has 4 heteroatoms. The second-order valence-electron chi connectivity index (χ2n) is 10.1. The highest BCUT2D eigenvalue weighted by Gasteiger charge is 2.09. The van der Waals surface area contributed by atoms with Gasteiger partial charge in [-0.1, -0.05) is 72.8 Å². The van der Waals surface area contributed by atoms with Crippen LogP contribution in [-0.4, -0.2) is 0 Å². The average molecular weight is 517 g/mol. The van der Waals surface area contributed by atoms with Gasteiger partial charge in [-0.15, -0.1) is 0 Å². The third-order valence-corrected chi connectivity index (χ3v) is 7.17. The van der Waals surface area contributed by atoms with Crippen LogP contribution in [0.5, 0.6) is 0 Å². The van der Waals surface area contributed by atoms with E-state index in [-0.39, 0.29) is 0 Å². The predicted octanol–water partition coefficient (Wildman–Crippen LogP) is 9.96. The Labute approximate surface area is 233 Å². The zero-order valence-corrected chi connectivity index (χ0v) is 21.9. The van der Waals surface area contributed by atoms with Crippen LogP contribution in [-0.2, 0) is 0 Å². The molecule has 40 heavy (non-hydrogen) atoms. The quantitative estimate of drug-likeness (QED) is 0.101. The fourth-order valence-electron chi connectivity index (χ4n) is 5.39. The van der Waals surface area contributed by atoms with Gasteiger partial charge in [-0.05, 0) is 93.7 Å². The van der Waals surface area contributed by atoms with Gasteiger partial charge in [0.25, 0.3) is 0 Å². The minimum Gasteiger partial charge on any atom is -0.399 e. The van der Waals surface area contributed by atoms with Crippen LogP contribution in [0.4, 0.5) is 39.8 Å². The van der Waals surface area contributed by atoms with E-state index < -0.39 is 0 Å². The molecule has 0 heterocycles. The van der Waals surface area contributed by atoms with Gasteiger partial charge in [-0.25, -0.2) is 0 Å². The maximum Gasteiger partial charge on any atom is 0.0470 e. The Balaban J connectivity index is 1.22. The van der Waals surface area contributed by atoms with Crippen molar-refractivity contribution in [1.29, 1.82) is 0 Å². The summed E-state index contributed by atoms with van der Waals surface area (Å²) in [5.41, 5.74) is 13.0. The summed E-state index contributed by atoms with van der Waals surface area (Å²) in [6.45, 7) is 0. The number of rotatable bonds is 6. The fraction of sp³-hybridized carbons (Fsp3) is 0. The molecule has 0 amide bonds. The van der Waals surface area contributed by atoms with Gasteiger partial charge in [0.1, 0.15) is 0 Å². The van der Waals surface area contributed by atoms with Crippen molar-refractivity contribution in [2.24, 2.45) is 0 Å². The largest absolute Gasteiger partial charge is 0.399 e. The molecule has 0 aliphatic carbocycles. The second kappa shape index (κ2) is 10.0. The number of hydrogen-bond donors (Lipinski definition) is 4. The summed E-state index contributed by atoms with van der Waals surface area (Å²) in [5.74, 6) is 0. The van der Waals surface area contributed by atoms with Crippen LogP contribution in [0.25, 0.3) is 32.3 Å². The van der Waals surface area contributed by atoms with E-state index in [4.69, 9.17) is 5.73 Å². The van der Waals surface area contributed by atoms with Gasteiger partial charge < -0.3 is 21.7 Å². The summed E-state index contributed by atoms with van der Waals surface area (Å²) >= 11 is 0. The predicted molar refractivity (Wildman–Crippen MR) is 173 cm³/mol. The highest BCUT2D eigenvalue weighted by atomic mass is 14.9. The van der Waals surface area contributed by atoms with E-state index in [1.54, 1.807) is 0 Å². The number of nitrogens with one attached hydrogen (secondary N) is 3. The van der Waals surface area contributed by atoms with Crippen molar-refractivity contribution in [1.82, 2.24) is 0 Å². The lowest BCUT2D eigenvalue weighted by Crippen LogP contribution is -1.98. The molecule has 7 aromatic rings. The molecule has 192 valence electrons. The highest BCUT2D eigenvalue weighted by Crippen LogP contribution is 2.36. The summed E-state index contributed by atoms with van der Waals surface area (Å²) in [7, 11) is 0. The Morgan fingerprint density at radius 2 is 0.950 bits per heavy atom. The molecule has 0 spiro atoms. The first kappa shape index (κ1) is 23.6. The van der Waals surface area contributed by atoms with Gasteiger partial charge in [-0.2, -0.15) is 0 Å². The molecule has 7 rings (SSSR count). The summed E-state index contributed by atoms with van der Waals surface area (Å²) in [6, 6.07) is 48.2. The van der Waals surface area contributed by atoms with E-state index in [0.717, 1.165) is 34.1 Å². The van der Waals surface area contributed by atoms with Crippen LogP contribution in [0.3, 0.4) is 0 Å². The van der Waals surface area contributed by atoms with Crippen molar-refractivity contribution in [3.63, 3.8) is 0 Å². The SMILES string of the molecule is Nc1cc(Nc2cccc(Nc3ccccc3)c2)cc(Nc2cccc3ccc4cc5ccccc5cc4c23)c1. The zero-order chi connectivity index (χ0) is 26.9. The van der Waals surface area contributed by atoms with E-state index in [9.17, 15) is 0 Å². The summed E-state index contributed by atoms with van der Waals surface area (Å²) in [5, 5.41) is 18.0. The molecule has 5 N–H and O–H groups in total. The van der Waals surface area contributed by atoms with Crippen LogP contribution in [0.15, 0.2) is 140 Å². The lowest BCUT2D eigenvalue weighted by molar-refractivity contribution is 1.50. The van der Waals surface area contributed by atoms with E-state index in [1.807, 2.05) is 42.5 Å². The maximum atomic E-state index is 6.37. The van der Waals surface area contributed by atoms with E-state index >= 15 is 0 Å². The minimum absolute atomic E-state index is 0.683. The second-order valence-corrected chi connectivity index (χ2v) is 10.1. The topological polar surface area (TPSA) is 62.1 Å². The molecule has 7 aromatic carbocycles. The van der Waals surface area contributed by atoms with Crippen molar-refractivity contribution in [3.8, 4) is 0 Å². The van der Waals surface area contributed by atoms with Crippen LogP contribution in [0, 0.1) is 0 Å². The van der Waals surface area contributed by atoms with Crippen LogP contribution < -0.4 is 21.7 Å². The van der Waals surface area contributed by atoms with Crippen molar-refractivity contribution >= 4 is 72.1 Å². The van der Waals surface area contributed by atoms with Gasteiger partial charge >= 0.3 is 0 Å². The molecule has 0 atom stereocenters. The van der Waals surface area contributed by atoms with Gasteiger partial charge in [0.05, 0.1) is 0 Å². The number of hydrogen-bond acceptors (Lipinski definition) is 4. The number of nitrogens with two attached hydrogens (primary N) is 1. The molecule has 0 fully saturated rings. The Morgan fingerprint density at radius 3 is 1.75 bits per heavy atom. The Morgan fingerprint density at radius 1 is 0.375 bits per heavy atom. The summed E-state index contributed by atoms with van der Waals surface area (Å²) < 4.78 is 0. The van der Waals surface area contributed by atoms with E-state index in [1.165, 1.54) is 32.3 Å².